The maximum atomic E-state index is 12.4. The van der Waals surface area contributed by atoms with Crippen molar-refractivity contribution < 1.29 is 14.3 Å². The Balaban J connectivity index is 1.98. The Kier molecular flexibility index (Phi) is 6.28. The molecule has 0 aliphatic carbocycles. The second-order valence-electron chi connectivity index (χ2n) is 6.05. The third-order valence-corrected chi connectivity index (χ3v) is 4.51. The van der Waals surface area contributed by atoms with Crippen molar-refractivity contribution in [1.82, 2.24) is 10.2 Å². The van der Waals surface area contributed by atoms with E-state index >= 15 is 0 Å². The van der Waals surface area contributed by atoms with E-state index in [1.165, 1.54) is 5.56 Å². The molecule has 0 fully saturated rings. The SMILES string of the molecule is CCC(C)NCCC(=O)N1CCc2cc(OC)c(OC)cc2C1. The molecule has 0 bridgehead atoms. The molecular weight excluding hydrogens is 292 g/mol. The molecule has 1 heterocycles. The van der Waals surface area contributed by atoms with Gasteiger partial charge >= 0.3 is 0 Å². The third-order valence-electron chi connectivity index (χ3n) is 4.51. The van der Waals surface area contributed by atoms with E-state index < -0.39 is 0 Å². The van der Waals surface area contributed by atoms with Gasteiger partial charge in [0.1, 0.15) is 0 Å². The predicted molar refractivity (Wildman–Crippen MR) is 91.0 cm³/mol. The largest absolute Gasteiger partial charge is 0.493 e. The molecule has 1 aliphatic rings. The Labute approximate surface area is 139 Å². The van der Waals surface area contributed by atoms with Gasteiger partial charge in [0, 0.05) is 32.1 Å². The molecule has 0 spiro atoms. The number of hydrogen-bond acceptors (Lipinski definition) is 4. The molecule has 0 saturated carbocycles. The van der Waals surface area contributed by atoms with Crippen LogP contribution in [0.4, 0.5) is 0 Å². The molecule has 1 aromatic carbocycles. The van der Waals surface area contributed by atoms with Gasteiger partial charge in [0.2, 0.25) is 5.91 Å². The van der Waals surface area contributed by atoms with Gasteiger partial charge in [0.25, 0.3) is 0 Å². The molecule has 1 aromatic rings. The lowest BCUT2D eigenvalue weighted by Gasteiger charge is -2.30. The summed E-state index contributed by atoms with van der Waals surface area (Å²) in [7, 11) is 3.28. The van der Waals surface area contributed by atoms with Crippen LogP contribution in [0.1, 0.15) is 37.8 Å². The van der Waals surface area contributed by atoms with Gasteiger partial charge in [-0.3, -0.25) is 4.79 Å². The van der Waals surface area contributed by atoms with E-state index in [2.05, 4.69) is 19.2 Å². The summed E-state index contributed by atoms with van der Waals surface area (Å²) in [4.78, 5) is 14.3. The number of hydrogen-bond donors (Lipinski definition) is 1. The van der Waals surface area contributed by atoms with Crippen LogP contribution >= 0.6 is 0 Å². The van der Waals surface area contributed by atoms with E-state index in [9.17, 15) is 4.79 Å². The average molecular weight is 320 g/mol. The molecule has 1 atom stereocenters. The average Bonchev–Trinajstić information content (AvgIpc) is 2.59. The minimum Gasteiger partial charge on any atom is -0.493 e. The molecule has 1 amide bonds. The molecule has 1 N–H and O–H groups in total. The monoisotopic (exact) mass is 320 g/mol. The van der Waals surface area contributed by atoms with Crippen LogP contribution in [0.25, 0.3) is 0 Å². The number of carbonyl (C=O) groups is 1. The fourth-order valence-electron chi connectivity index (χ4n) is 2.82. The van der Waals surface area contributed by atoms with Crippen LogP contribution in [0.2, 0.25) is 0 Å². The molecule has 2 rings (SSSR count). The number of methoxy groups -OCH3 is 2. The van der Waals surface area contributed by atoms with E-state index in [4.69, 9.17) is 9.47 Å². The molecule has 0 aromatic heterocycles. The standard InChI is InChI=1S/C18H28N2O3/c1-5-13(2)19-8-6-18(21)20-9-7-14-10-16(22-3)17(23-4)11-15(14)12-20/h10-11,13,19H,5-9,12H2,1-4H3. The molecule has 5 nitrogen and oxygen atoms in total. The molecule has 0 radical (unpaired) electrons. The van der Waals surface area contributed by atoms with Crippen LogP contribution in [0.5, 0.6) is 11.5 Å². The first-order valence-corrected chi connectivity index (χ1v) is 8.34. The lowest BCUT2D eigenvalue weighted by atomic mass is 9.98. The summed E-state index contributed by atoms with van der Waals surface area (Å²) in [6, 6.07) is 4.48. The highest BCUT2D eigenvalue weighted by Crippen LogP contribution is 2.33. The summed E-state index contributed by atoms with van der Waals surface area (Å²) in [6.45, 7) is 6.44. The van der Waals surface area contributed by atoms with Crippen LogP contribution in [-0.4, -0.2) is 44.2 Å². The quantitative estimate of drug-likeness (QED) is 0.838. The molecule has 1 aliphatic heterocycles. The van der Waals surface area contributed by atoms with Crippen LogP contribution in [0.3, 0.4) is 0 Å². The molecule has 5 heteroatoms. The highest BCUT2D eigenvalue weighted by atomic mass is 16.5. The first-order chi connectivity index (χ1) is 11.1. The lowest BCUT2D eigenvalue weighted by molar-refractivity contribution is -0.132. The number of rotatable bonds is 7. The van der Waals surface area contributed by atoms with Crippen molar-refractivity contribution >= 4 is 5.91 Å². The van der Waals surface area contributed by atoms with Crippen molar-refractivity contribution in [2.45, 2.75) is 45.7 Å². The lowest BCUT2D eigenvalue weighted by Crippen LogP contribution is -2.38. The summed E-state index contributed by atoms with van der Waals surface area (Å²) in [5, 5.41) is 3.37. The van der Waals surface area contributed by atoms with Gasteiger partial charge < -0.3 is 19.7 Å². The maximum Gasteiger partial charge on any atom is 0.224 e. The van der Waals surface area contributed by atoms with Crippen LogP contribution in [0.15, 0.2) is 12.1 Å². The molecule has 1 unspecified atom stereocenters. The highest BCUT2D eigenvalue weighted by molar-refractivity contribution is 5.76. The summed E-state index contributed by atoms with van der Waals surface area (Å²) in [5.74, 6) is 1.68. The minimum absolute atomic E-state index is 0.209. The van der Waals surface area contributed by atoms with Crippen molar-refractivity contribution in [2.75, 3.05) is 27.3 Å². The van der Waals surface area contributed by atoms with Crippen molar-refractivity contribution in [1.29, 1.82) is 0 Å². The zero-order valence-corrected chi connectivity index (χ0v) is 14.6. The zero-order chi connectivity index (χ0) is 16.8. The van der Waals surface area contributed by atoms with Gasteiger partial charge in [0.15, 0.2) is 11.5 Å². The number of ether oxygens (including phenoxy) is 2. The van der Waals surface area contributed by atoms with Gasteiger partial charge in [0.05, 0.1) is 14.2 Å². The van der Waals surface area contributed by atoms with Crippen LogP contribution in [0, 0.1) is 0 Å². The first kappa shape index (κ1) is 17.6. The van der Waals surface area contributed by atoms with E-state index in [0.29, 0.717) is 19.0 Å². The van der Waals surface area contributed by atoms with E-state index in [1.54, 1.807) is 14.2 Å². The fourth-order valence-corrected chi connectivity index (χ4v) is 2.82. The van der Waals surface area contributed by atoms with E-state index in [1.807, 2.05) is 17.0 Å². The maximum absolute atomic E-state index is 12.4. The van der Waals surface area contributed by atoms with E-state index in [-0.39, 0.29) is 5.91 Å². The molecule has 128 valence electrons. The number of fused-ring (bicyclic) bond motifs is 1. The highest BCUT2D eigenvalue weighted by Gasteiger charge is 2.22. The molecule has 0 saturated heterocycles. The number of carbonyl (C=O) groups excluding carboxylic acids is 1. The van der Waals surface area contributed by atoms with Gasteiger partial charge in [-0.15, -0.1) is 0 Å². The second-order valence-corrected chi connectivity index (χ2v) is 6.05. The number of amides is 1. The Morgan fingerprint density at radius 3 is 2.52 bits per heavy atom. The van der Waals surface area contributed by atoms with Gasteiger partial charge in [-0.1, -0.05) is 6.92 Å². The minimum atomic E-state index is 0.209. The summed E-state index contributed by atoms with van der Waals surface area (Å²) in [5.41, 5.74) is 2.39. The Morgan fingerprint density at radius 1 is 1.26 bits per heavy atom. The fraction of sp³-hybridized carbons (Fsp3) is 0.611. The predicted octanol–water partition coefficient (Wildman–Crippen LogP) is 2.37. The second kappa shape index (κ2) is 8.20. The Morgan fingerprint density at radius 2 is 1.91 bits per heavy atom. The Hall–Kier alpha value is -1.75. The van der Waals surface area contributed by atoms with Gasteiger partial charge in [-0.05, 0) is 43.0 Å². The number of nitrogens with zero attached hydrogens (tertiary/aromatic N) is 1. The zero-order valence-electron chi connectivity index (χ0n) is 14.6. The van der Waals surface area contributed by atoms with E-state index in [0.717, 1.165) is 43.0 Å². The summed E-state index contributed by atoms with van der Waals surface area (Å²) in [6.07, 6.45) is 2.49. The normalized spacial score (nSPS) is 15.0. The first-order valence-electron chi connectivity index (χ1n) is 8.34. The molecule has 23 heavy (non-hydrogen) atoms. The summed E-state index contributed by atoms with van der Waals surface area (Å²) < 4.78 is 10.7. The third kappa shape index (κ3) is 4.38. The topological polar surface area (TPSA) is 50.8 Å². The molecular formula is C18H28N2O3. The number of nitrogens with one attached hydrogen (secondary N) is 1. The smallest absolute Gasteiger partial charge is 0.224 e. The van der Waals surface area contributed by atoms with Crippen LogP contribution in [-0.2, 0) is 17.8 Å². The van der Waals surface area contributed by atoms with Gasteiger partial charge in [-0.25, -0.2) is 0 Å². The van der Waals surface area contributed by atoms with Gasteiger partial charge in [-0.2, -0.15) is 0 Å². The van der Waals surface area contributed by atoms with Crippen molar-refractivity contribution in [3.8, 4) is 11.5 Å². The van der Waals surface area contributed by atoms with Crippen molar-refractivity contribution in [3.05, 3.63) is 23.3 Å². The van der Waals surface area contributed by atoms with Crippen LogP contribution < -0.4 is 14.8 Å². The van der Waals surface area contributed by atoms with Crippen molar-refractivity contribution in [3.63, 3.8) is 0 Å². The Bertz CT molecular complexity index is 545. The number of benzene rings is 1. The summed E-state index contributed by atoms with van der Waals surface area (Å²) >= 11 is 0. The van der Waals surface area contributed by atoms with Crippen molar-refractivity contribution in [2.24, 2.45) is 0 Å².